The topological polar surface area (TPSA) is 0 Å². The van der Waals surface area contributed by atoms with Crippen molar-refractivity contribution in [2.24, 2.45) is 0 Å². The highest BCUT2D eigenvalue weighted by molar-refractivity contribution is 6.42. The zero-order valence-corrected chi connectivity index (χ0v) is 5.87. The Labute approximate surface area is 55.8 Å². The number of halogens is 2. The van der Waals surface area contributed by atoms with Crippen LogP contribution in [0, 0.1) is 0 Å². The summed E-state index contributed by atoms with van der Waals surface area (Å²) in [6.45, 7) is 2.07. The molecule has 0 atom stereocenters. The predicted molar refractivity (Wildman–Crippen MR) is 36.9 cm³/mol. The van der Waals surface area contributed by atoms with E-state index >= 15 is 0 Å². The third-order valence-electron chi connectivity index (χ3n) is 1.28. The number of rotatable bonds is 5. The van der Waals surface area contributed by atoms with Gasteiger partial charge in [-0.15, -0.1) is 0 Å². The van der Waals surface area contributed by atoms with Gasteiger partial charge in [-0.2, -0.15) is 0 Å². The SMILES string of the molecule is CCCCCCB(F)F. The summed E-state index contributed by atoms with van der Waals surface area (Å²) in [5.74, 6) is 0. The van der Waals surface area contributed by atoms with E-state index in [0.29, 0.717) is 6.42 Å². The van der Waals surface area contributed by atoms with Crippen molar-refractivity contribution in [2.75, 3.05) is 0 Å². The Kier molecular flexibility index (Phi) is 6.00. The molecule has 0 saturated heterocycles. The Morgan fingerprint density at radius 1 is 1.11 bits per heavy atom. The van der Waals surface area contributed by atoms with Crippen molar-refractivity contribution in [3.63, 3.8) is 0 Å². The van der Waals surface area contributed by atoms with E-state index < -0.39 is 7.27 Å². The second-order valence-corrected chi connectivity index (χ2v) is 2.24. The molecule has 9 heavy (non-hydrogen) atoms. The summed E-state index contributed by atoms with van der Waals surface area (Å²) >= 11 is 0. The van der Waals surface area contributed by atoms with Gasteiger partial charge in [-0.05, 0) is 6.32 Å². The average Bonchev–Trinajstić information content (AvgIpc) is 1.80. The van der Waals surface area contributed by atoms with Crippen LogP contribution in [0.3, 0.4) is 0 Å². The van der Waals surface area contributed by atoms with Crippen LogP contribution in [-0.2, 0) is 0 Å². The monoisotopic (exact) mass is 134 g/mol. The number of unbranched alkanes of at least 4 members (excludes halogenated alkanes) is 3. The molecular weight excluding hydrogens is 121 g/mol. The van der Waals surface area contributed by atoms with E-state index in [4.69, 9.17) is 0 Å². The van der Waals surface area contributed by atoms with Crippen LogP contribution < -0.4 is 0 Å². The van der Waals surface area contributed by atoms with Crippen LogP contribution in [0.5, 0.6) is 0 Å². The van der Waals surface area contributed by atoms with Gasteiger partial charge in [0, 0.05) is 0 Å². The highest BCUT2D eigenvalue weighted by Gasteiger charge is 2.09. The predicted octanol–water partition coefficient (Wildman–Crippen LogP) is 2.99. The first-order valence-electron chi connectivity index (χ1n) is 3.55. The van der Waals surface area contributed by atoms with Gasteiger partial charge in [-0.3, -0.25) is 8.63 Å². The summed E-state index contributed by atoms with van der Waals surface area (Å²) < 4.78 is 22.9. The molecule has 0 aliphatic heterocycles. The lowest BCUT2D eigenvalue weighted by Crippen LogP contribution is -1.93. The molecule has 0 aliphatic rings. The fourth-order valence-electron chi connectivity index (χ4n) is 0.725. The van der Waals surface area contributed by atoms with Gasteiger partial charge in [0.05, 0.1) is 0 Å². The van der Waals surface area contributed by atoms with Crippen molar-refractivity contribution < 1.29 is 8.63 Å². The molecule has 0 amide bonds. The van der Waals surface area contributed by atoms with E-state index in [1.165, 1.54) is 0 Å². The van der Waals surface area contributed by atoms with Crippen LogP contribution in [-0.4, -0.2) is 7.27 Å². The fraction of sp³-hybridized carbons (Fsp3) is 1.00. The van der Waals surface area contributed by atoms with Crippen LogP contribution in [0.2, 0.25) is 6.32 Å². The Hall–Kier alpha value is -0.0751. The molecule has 0 nitrogen and oxygen atoms in total. The molecule has 0 spiro atoms. The molecule has 0 radical (unpaired) electrons. The molecule has 0 aromatic heterocycles. The maximum Gasteiger partial charge on any atom is 0.538 e. The molecule has 0 fully saturated rings. The Bertz CT molecular complexity index is 57.0. The smallest absolute Gasteiger partial charge is 0.287 e. The van der Waals surface area contributed by atoms with Gasteiger partial charge >= 0.3 is 7.27 Å². The molecule has 0 heterocycles. The lowest BCUT2D eigenvalue weighted by Gasteiger charge is -1.93. The molecule has 0 saturated carbocycles. The normalized spacial score (nSPS) is 9.67. The average molecular weight is 134 g/mol. The molecule has 0 rings (SSSR count). The minimum Gasteiger partial charge on any atom is -0.287 e. The molecular formula is C6H13BF2. The molecule has 0 unspecified atom stereocenters. The van der Waals surface area contributed by atoms with E-state index in [1.807, 2.05) is 0 Å². The molecule has 0 N–H and O–H groups in total. The van der Waals surface area contributed by atoms with E-state index in [0.717, 1.165) is 19.3 Å². The fourth-order valence-corrected chi connectivity index (χ4v) is 0.725. The lowest BCUT2D eigenvalue weighted by atomic mass is 9.89. The van der Waals surface area contributed by atoms with Gasteiger partial charge < -0.3 is 0 Å². The summed E-state index contributed by atoms with van der Waals surface area (Å²) in [6.07, 6.45) is 3.93. The zero-order valence-electron chi connectivity index (χ0n) is 5.87. The first-order chi connectivity index (χ1) is 4.27. The third kappa shape index (κ3) is 7.92. The highest BCUT2D eigenvalue weighted by atomic mass is 19.2. The van der Waals surface area contributed by atoms with Crippen molar-refractivity contribution in [1.82, 2.24) is 0 Å². The maximum absolute atomic E-state index is 11.5. The van der Waals surface area contributed by atoms with Gasteiger partial charge in [-0.25, -0.2) is 0 Å². The minimum atomic E-state index is -2.10. The van der Waals surface area contributed by atoms with Gasteiger partial charge in [0.1, 0.15) is 0 Å². The lowest BCUT2D eigenvalue weighted by molar-refractivity contribution is 0.620. The van der Waals surface area contributed by atoms with E-state index in [9.17, 15) is 8.63 Å². The summed E-state index contributed by atoms with van der Waals surface area (Å²) in [5.41, 5.74) is 0. The Balaban J connectivity index is 2.75. The summed E-state index contributed by atoms with van der Waals surface area (Å²) in [6, 6.07) is 0. The van der Waals surface area contributed by atoms with Crippen molar-refractivity contribution in [1.29, 1.82) is 0 Å². The van der Waals surface area contributed by atoms with Crippen LogP contribution in [0.15, 0.2) is 0 Å². The van der Waals surface area contributed by atoms with E-state index in [-0.39, 0.29) is 6.32 Å². The first kappa shape index (κ1) is 8.92. The van der Waals surface area contributed by atoms with Gasteiger partial charge in [0.15, 0.2) is 0 Å². The number of hydrogen-bond acceptors (Lipinski definition) is 0. The second kappa shape index (κ2) is 6.05. The molecule has 0 aliphatic carbocycles. The van der Waals surface area contributed by atoms with E-state index in [2.05, 4.69) is 6.92 Å². The molecule has 54 valence electrons. The van der Waals surface area contributed by atoms with Crippen molar-refractivity contribution in [3.05, 3.63) is 0 Å². The van der Waals surface area contributed by atoms with Gasteiger partial charge in [0.25, 0.3) is 0 Å². The molecule has 0 aromatic carbocycles. The Morgan fingerprint density at radius 2 is 1.78 bits per heavy atom. The van der Waals surface area contributed by atoms with Crippen molar-refractivity contribution >= 4 is 7.27 Å². The summed E-state index contributed by atoms with van der Waals surface area (Å²) in [7, 11) is -2.10. The maximum atomic E-state index is 11.5. The Morgan fingerprint density at radius 3 is 2.22 bits per heavy atom. The number of hydrogen-bond donors (Lipinski definition) is 0. The second-order valence-electron chi connectivity index (χ2n) is 2.24. The quantitative estimate of drug-likeness (QED) is 0.400. The molecule has 0 bridgehead atoms. The third-order valence-corrected chi connectivity index (χ3v) is 1.28. The molecule has 3 heteroatoms. The summed E-state index contributed by atoms with van der Waals surface area (Å²) in [5, 5.41) is 0. The van der Waals surface area contributed by atoms with Gasteiger partial charge in [-0.1, -0.05) is 32.6 Å². The largest absolute Gasteiger partial charge is 0.538 e. The minimum absolute atomic E-state index is 0.0833. The molecule has 0 aromatic rings. The first-order valence-corrected chi connectivity index (χ1v) is 3.55. The summed E-state index contributed by atoms with van der Waals surface area (Å²) in [4.78, 5) is 0. The standard InChI is InChI=1S/C6H13BF2/c1-2-3-4-5-6-7(8)9/h2-6H2,1H3. The van der Waals surface area contributed by atoms with Crippen LogP contribution in [0.25, 0.3) is 0 Å². The van der Waals surface area contributed by atoms with Crippen molar-refractivity contribution in [3.8, 4) is 0 Å². The van der Waals surface area contributed by atoms with Crippen molar-refractivity contribution in [2.45, 2.75) is 38.9 Å². The zero-order chi connectivity index (χ0) is 7.11. The highest BCUT2D eigenvalue weighted by Crippen LogP contribution is 2.06. The van der Waals surface area contributed by atoms with Crippen LogP contribution in [0.4, 0.5) is 8.63 Å². The van der Waals surface area contributed by atoms with Crippen LogP contribution in [0.1, 0.15) is 32.6 Å². The van der Waals surface area contributed by atoms with Gasteiger partial charge in [0.2, 0.25) is 0 Å². The van der Waals surface area contributed by atoms with E-state index in [1.54, 1.807) is 0 Å². The van der Waals surface area contributed by atoms with Crippen LogP contribution >= 0.6 is 0 Å².